The SMILES string of the molecule is CC(C)N=C(NC(C)C)P(c1ccccc1)c1ccccc1.CC(C)[N-]C(C)[N-]C(C)C.[CH2-]c1ccccc1.[CH2-]c1ccccc1.[CH2-]c1ccccc1.[CH2-]c1ccccc1.[CH2-]c1ccccc1.[CH2-]c1ccccc1.[CH2-]c1ccccc1.[Zr+4].[Zr]. The van der Waals surface area contributed by atoms with E-state index in [-0.39, 0.29) is 64.6 Å². The number of rotatable bonds is 9. The molecule has 0 spiro atoms. The van der Waals surface area contributed by atoms with Crippen LogP contribution in [0.5, 0.6) is 0 Å². The summed E-state index contributed by atoms with van der Waals surface area (Å²) in [5.74, 6) is 0. The molecule has 0 saturated heterocycles. The van der Waals surface area contributed by atoms with Crippen LogP contribution >= 0.6 is 7.92 Å². The average Bonchev–Trinajstić information content (AvgIpc) is 3.47. The van der Waals surface area contributed by atoms with Gasteiger partial charge in [0.15, 0.2) is 0 Å². The van der Waals surface area contributed by atoms with Gasteiger partial charge in [-0.05, 0) is 38.3 Å². The fourth-order valence-electron chi connectivity index (χ4n) is 6.46. The molecule has 1 N–H and O–H groups in total. The van der Waals surface area contributed by atoms with Crippen molar-refractivity contribution < 1.29 is 52.4 Å². The van der Waals surface area contributed by atoms with Gasteiger partial charge in [0.2, 0.25) is 0 Å². The molecule has 4 nitrogen and oxygen atoms in total. The maximum absolute atomic E-state index is 4.90. The van der Waals surface area contributed by atoms with Crippen molar-refractivity contribution in [3.8, 4) is 0 Å². The standard InChI is InChI=1S/C19H25N2P.C8H18N2.7C7H7.2Zr/c1-15(2)20-19(21-16(3)4)22(17-11-7-5-8-12-17)18-13-9-6-10-14-18;1-6(2)9-8(5)10-7(3)4;7*1-7-5-3-2-4-6-7;;/h5-16H,1-4H3,(H,20,21);6-8H,1-5H3;7*2-6H,1H2;;/q;-2;7*-1;;+4. The van der Waals surface area contributed by atoms with Gasteiger partial charge in [0.05, 0.1) is 0 Å². The zero-order valence-corrected chi connectivity index (χ0v) is 56.9. The van der Waals surface area contributed by atoms with Gasteiger partial charge in [0.1, 0.15) is 5.58 Å². The van der Waals surface area contributed by atoms with Crippen molar-refractivity contribution in [2.24, 2.45) is 4.99 Å². The Hall–Kier alpha value is -6.34. The van der Waals surface area contributed by atoms with Gasteiger partial charge in [-0.3, -0.25) is 4.99 Å². The molecule has 7 heteroatoms. The van der Waals surface area contributed by atoms with E-state index >= 15 is 0 Å². The second kappa shape index (κ2) is 51.3. The Labute approximate surface area is 546 Å². The van der Waals surface area contributed by atoms with Gasteiger partial charge in [0.25, 0.3) is 0 Å². The van der Waals surface area contributed by atoms with Gasteiger partial charge in [0, 0.05) is 46.2 Å². The molecule has 0 amide bonds. The van der Waals surface area contributed by atoms with Crippen LogP contribution in [0.3, 0.4) is 0 Å². The quantitative estimate of drug-likeness (QED) is 0.0666. The third-order valence-corrected chi connectivity index (χ3v) is 12.3. The Morgan fingerprint density at radius 1 is 0.325 bits per heavy atom. The molecule has 0 aromatic heterocycles. The zero-order valence-electron chi connectivity index (χ0n) is 51.1. The molecule has 9 aromatic carbocycles. The molecule has 0 radical (unpaired) electrons. The minimum Gasteiger partial charge on any atom is -0.676 e. The Balaban J connectivity index is 0. The summed E-state index contributed by atoms with van der Waals surface area (Å²) < 4.78 is 0. The first-order valence-electron chi connectivity index (χ1n) is 27.6. The van der Waals surface area contributed by atoms with Gasteiger partial charge >= 0.3 is 26.2 Å². The predicted octanol–water partition coefficient (Wildman–Crippen LogP) is 19.9. The molecule has 0 aliphatic rings. The third-order valence-electron chi connectivity index (χ3n) is 9.97. The van der Waals surface area contributed by atoms with E-state index in [1.807, 2.05) is 219 Å². The zero-order chi connectivity index (χ0) is 59.9. The average molecular weight is 1280 g/mol. The summed E-state index contributed by atoms with van der Waals surface area (Å²) in [6, 6.07) is 91.9. The van der Waals surface area contributed by atoms with E-state index in [4.69, 9.17) is 4.99 Å². The largest absolute Gasteiger partial charge is 4.00 e. The molecular formula is C76H92N4PZr2-5. The van der Waals surface area contributed by atoms with E-state index < -0.39 is 7.92 Å². The van der Waals surface area contributed by atoms with Crippen LogP contribution < -0.4 is 15.9 Å². The van der Waals surface area contributed by atoms with Crippen LogP contribution in [0.4, 0.5) is 0 Å². The summed E-state index contributed by atoms with van der Waals surface area (Å²) in [6.07, 6.45) is 0.167. The van der Waals surface area contributed by atoms with E-state index in [1.165, 1.54) is 10.6 Å². The second-order valence-corrected chi connectivity index (χ2v) is 21.5. The molecule has 434 valence electrons. The smallest absolute Gasteiger partial charge is 0.676 e. The summed E-state index contributed by atoms with van der Waals surface area (Å²) in [5, 5.41) is 14.9. The molecule has 0 saturated carbocycles. The molecule has 9 aromatic rings. The van der Waals surface area contributed by atoms with Gasteiger partial charge in [-0.25, -0.2) is 6.17 Å². The molecule has 9 rings (SSSR count). The van der Waals surface area contributed by atoms with Crippen LogP contribution in [-0.2, 0) is 52.4 Å². The number of aliphatic imine (C=N–C) groups is 1. The predicted molar refractivity (Wildman–Crippen MR) is 363 cm³/mol. The summed E-state index contributed by atoms with van der Waals surface area (Å²) in [4.78, 5) is 4.90. The maximum atomic E-state index is 4.90. The third kappa shape index (κ3) is 46.8. The first-order valence-corrected chi connectivity index (χ1v) is 28.9. The number of nitrogens with zero attached hydrogens (tertiary/aromatic N) is 3. The van der Waals surface area contributed by atoms with Gasteiger partial charge in [-0.1, -0.05) is 131 Å². The maximum Gasteiger partial charge on any atom is 4.00 e. The van der Waals surface area contributed by atoms with Crippen molar-refractivity contribution in [2.75, 3.05) is 0 Å². The topological polar surface area (TPSA) is 52.6 Å². The first kappa shape index (κ1) is 78.7. The van der Waals surface area contributed by atoms with Gasteiger partial charge in [-0.2, -0.15) is 172 Å². The van der Waals surface area contributed by atoms with Crippen molar-refractivity contribution in [1.29, 1.82) is 0 Å². The monoisotopic (exact) mass is 1270 g/mol. The molecule has 83 heavy (non-hydrogen) atoms. The van der Waals surface area contributed by atoms with E-state index in [0.29, 0.717) is 18.1 Å². The molecule has 0 heterocycles. The fourth-order valence-corrected chi connectivity index (χ4v) is 8.92. The Morgan fingerprint density at radius 3 is 0.639 bits per heavy atom. The van der Waals surface area contributed by atoms with Crippen molar-refractivity contribution in [3.63, 3.8) is 0 Å². The summed E-state index contributed by atoms with van der Waals surface area (Å²) in [6.45, 7) is 45.0. The summed E-state index contributed by atoms with van der Waals surface area (Å²) >= 11 is 0. The van der Waals surface area contributed by atoms with Gasteiger partial charge < -0.3 is 16.0 Å². The molecule has 0 atom stereocenters. The minimum atomic E-state index is -0.640. The minimum absolute atomic E-state index is 0. The Kier molecular flexibility index (Phi) is 48.7. The van der Waals surface area contributed by atoms with Crippen LogP contribution in [0.15, 0.2) is 278 Å². The van der Waals surface area contributed by atoms with E-state index in [1.54, 1.807) is 0 Å². The summed E-state index contributed by atoms with van der Waals surface area (Å²) in [5.41, 5.74) is 8.61. The molecule has 0 bridgehead atoms. The van der Waals surface area contributed by atoms with E-state index in [0.717, 1.165) is 44.5 Å². The first-order chi connectivity index (χ1) is 38.9. The normalized spacial score (nSPS) is 9.75. The van der Waals surface area contributed by atoms with Crippen LogP contribution in [-0.4, -0.2) is 35.9 Å². The van der Waals surface area contributed by atoms with Crippen LogP contribution in [0.25, 0.3) is 10.6 Å². The van der Waals surface area contributed by atoms with Crippen LogP contribution in [0.1, 0.15) is 101 Å². The molecule has 0 aliphatic carbocycles. The van der Waals surface area contributed by atoms with Crippen LogP contribution in [0, 0.1) is 48.5 Å². The number of benzene rings is 9. The van der Waals surface area contributed by atoms with Crippen molar-refractivity contribution in [3.05, 3.63) is 371 Å². The second-order valence-electron chi connectivity index (χ2n) is 19.4. The summed E-state index contributed by atoms with van der Waals surface area (Å²) in [7, 11) is -0.640. The van der Waals surface area contributed by atoms with Crippen molar-refractivity contribution >= 4 is 24.1 Å². The molecular weight excluding hydrogens is 1180 g/mol. The number of amidine groups is 1. The number of hydrogen-bond acceptors (Lipinski definition) is 1. The van der Waals surface area contributed by atoms with Crippen molar-refractivity contribution in [1.82, 2.24) is 5.32 Å². The Morgan fingerprint density at radius 2 is 0.506 bits per heavy atom. The van der Waals surface area contributed by atoms with E-state index in [2.05, 4.69) is 180 Å². The molecule has 0 fully saturated rings. The van der Waals surface area contributed by atoms with Gasteiger partial charge in [-0.15, -0.1) is 104 Å². The van der Waals surface area contributed by atoms with E-state index in [9.17, 15) is 0 Å². The molecule has 0 unspecified atom stereocenters. The fraction of sp³-hybridized carbons (Fsp3) is 0.184. The van der Waals surface area contributed by atoms with Crippen LogP contribution in [0.2, 0.25) is 0 Å². The van der Waals surface area contributed by atoms with Crippen molar-refractivity contribution in [2.45, 2.75) is 92.6 Å². The number of hydrogen-bond donors (Lipinski definition) is 1. The molecule has 0 aliphatic heterocycles. The Bertz CT molecular complexity index is 2370. The number of nitrogens with one attached hydrogen (secondary N) is 1.